The normalized spacial score (nSPS) is 13.3. The molecule has 3 N–H and O–H groups in total. The number of benzene rings is 2. The van der Waals surface area contributed by atoms with Gasteiger partial charge in [-0.1, -0.05) is 88.4 Å². The molecule has 8 heteroatoms. The minimum absolute atomic E-state index is 0.0805. The number of ether oxygens (including phenoxy) is 1. The smallest absolute Gasteiger partial charge is 0.408 e. The van der Waals surface area contributed by atoms with Crippen LogP contribution in [0.4, 0.5) is 4.79 Å². The summed E-state index contributed by atoms with van der Waals surface area (Å²) in [5, 5.41) is 8.22. The highest BCUT2D eigenvalue weighted by Gasteiger charge is 2.29. The molecule has 0 aromatic heterocycles. The van der Waals surface area contributed by atoms with Gasteiger partial charge in [0.25, 0.3) is 0 Å². The molecule has 2 rings (SSSR count). The number of aldehydes is 1. The Kier molecular flexibility index (Phi) is 13.0. The zero-order valence-corrected chi connectivity index (χ0v) is 22.8. The van der Waals surface area contributed by atoms with Gasteiger partial charge in [0.1, 0.15) is 25.0 Å². The van der Waals surface area contributed by atoms with Crippen LogP contribution in [-0.2, 0) is 32.1 Å². The lowest BCUT2D eigenvalue weighted by molar-refractivity contribution is -0.131. The van der Waals surface area contributed by atoms with Crippen molar-refractivity contribution in [2.45, 2.75) is 78.1 Å². The summed E-state index contributed by atoms with van der Waals surface area (Å²) in [6.07, 6.45) is 1.86. The van der Waals surface area contributed by atoms with Crippen molar-refractivity contribution in [1.29, 1.82) is 0 Å². The highest BCUT2D eigenvalue weighted by molar-refractivity contribution is 5.92. The van der Waals surface area contributed by atoms with E-state index in [9.17, 15) is 19.2 Å². The Morgan fingerprint density at radius 3 is 1.76 bits per heavy atom. The lowest BCUT2D eigenvalue weighted by Gasteiger charge is -2.26. The van der Waals surface area contributed by atoms with Crippen LogP contribution < -0.4 is 16.0 Å². The van der Waals surface area contributed by atoms with Crippen molar-refractivity contribution < 1.29 is 23.9 Å². The number of nitrogens with one attached hydrogen (secondary N) is 3. The molecule has 0 heterocycles. The van der Waals surface area contributed by atoms with Gasteiger partial charge in [0.15, 0.2) is 0 Å². The van der Waals surface area contributed by atoms with Crippen LogP contribution in [0.2, 0.25) is 0 Å². The summed E-state index contributed by atoms with van der Waals surface area (Å²) in [6.45, 7) is 7.86. The van der Waals surface area contributed by atoms with Crippen LogP contribution in [-0.4, -0.2) is 42.3 Å². The van der Waals surface area contributed by atoms with Crippen molar-refractivity contribution in [1.82, 2.24) is 16.0 Å². The van der Waals surface area contributed by atoms with Crippen LogP contribution in [0.15, 0.2) is 60.7 Å². The number of hydrogen-bond donors (Lipinski definition) is 3. The number of carbonyl (C=O) groups is 4. The van der Waals surface area contributed by atoms with Gasteiger partial charge >= 0.3 is 6.09 Å². The van der Waals surface area contributed by atoms with Crippen molar-refractivity contribution in [3.05, 3.63) is 71.8 Å². The summed E-state index contributed by atoms with van der Waals surface area (Å²) in [6, 6.07) is 16.6. The van der Waals surface area contributed by atoms with E-state index in [1.165, 1.54) is 0 Å². The van der Waals surface area contributed by atoms with Gasteiger partial charge in [-0.05, 0) is 48.6 Å². The first-order valence-electron chi connectivity index (χ1n) is 13.2. The third kappa shape index (κ3) is 11.6. The number of hydrogen-bond acceptors (Lipinski definition) is 5. The first kappa shape index (κ1) is 30.5. The van der Waals surface area contributed by atoms with Gasteiger partial charge in [-0.2, -0.15) is 0 Å². The first-order chi connectivity index (χ1) is 18.2. The number of aryl methyl sites for hydroxylation is 1. The molecule has 0 fully saturated rings. The molecule has 2 aromatic rings. The fourth-order valence-corrected chi connectivity index (χ4v) is 4.01. The quantitative estimate of drug-likeness (QED) is 0.303. The number of alkyl carbamates (subject to hydrolysis) is 1. The maximum atomic E-state index is 13.2. The average Bonchev–Trinajstić information content (AvgIpc) is 2.89. The minimum Gasteiger partial charge on any atom is -0.445 e. The summed E-state index contributed by atoms with van der Waals surface area (Å²) in [5.41, 5.74) is 1.90. The molecule has 3 atom stereocenters. The van der Waals surface area contributed by atoms with E-state index in [0.717, 1.165) is 17.4 Å². The molecule has 206 valence electrons. The predicted octanol–water partition coefficient (Wildman–Crippen LogP) is 4.17. The van der Waals surface area contributed by atoms with Crippen molar-refractivity contribution in [2.75, 3.05) is 0 Å². The first-order valence-corrected chi connectivity index (χ1v) is 13.2. The van der Waals surface area contributed by atoms with E-state index in [4.69, 9.17) is 4.74 Å². The van der Waals surface area contributed by atoms with Crippen LogP contribution >= 0.6 is 0 Å². The fraction of sp³-hybridized carbons (Fsp3) is 0.467. The highest BCUT2D eigenvalue weighted by Crippen LogP contribution is 2.11. The molecule has 3 unspecified atom stereocenters. The Balaban J connectivity index is 2.00. The van der Waals surface area contributed by atoms with E-state index in [1.54, 1.807) is 0 Å². The maximum absolute atomic E-state index is 13.2. The Morgan fingerprint density at radius 1 is 0.737 bits per heavy atom. The van der Waals surface area contributed by atoms with Gasteiger partial charge in [-0.25, -0.2) is 4.79 Å². The third-order valence-corrected chi connectivity index (χ3v) is 5.95. The SMILES string of the molecule is CC(C)CC(NC(=O)OCc1ccccc1)C(=O)NC(CC(C)C)C(=O)NC(C=O)CCc1ccccc1. The molecule has 3 amide bonds. The van der Waals surface area contributed by atoms with Gasteiger partial charge in [0, 0.05) is 0 Å². The molecular weight excluding hydrogens is 482 g/mol. The number of carbonyl (C=O) groups excluding carboxylic acids is 4. The minimum atomic E-state index is -0.874. The maximum Gasteiger partial charge on any atom is 0.408 e. The third-order valence-electron chi connectivity index (χ3n) is 5.95. The topological polar surface area (TPSA) is 114 Å². The molecule has 2 aromatic carbocycles. The highest BCUT2D eigenvalue weighted by atomic mass is 16.5. The van der Waals surface area contributed by atoms with Crippen molar-refractivity contribution >= 4 is 24.2 Å². The second kappa shape index (κ2) is 16.2. The Labute approximate surface area is 225 Å². The summed E-state index contributed by atoms with van der Waals surface area (Å²) in [4.78, 5) is 50.5. The van der Waals surface area contributed by atoms with Gasteiger partial charge in [-0.15, -0.1) is 0 Å². The van der Waals surface area contributed by atoms with Crippen molar-refractivity contribution in [2.24, 2.45) is 11.8 Å². The molecule has 0 aliphatic heterocycles. The zero-order chi connectivity index (χ0) is 27.9. The fourth-order valence-electron chi connectivity index (χ4n) is 4.01. The molecule has 38 heavy (non-hydrogen) atoms. The van der Waals surface area contributed by atoms with E-state index >= 15 is 0 Å². The lowest BCUT2D eigenvalue weighted by atomic mass is 9.99. The van der Waals surface area contributed by atoms with Crippen LogP contribution in [0, 0.1) is 11.8 Å². The Morgan fingerprint density at radius 2 is 1.24 bits per heavy atom. The molecule has 0 bridgehead atoms. The van der Waals surface area contributed by atoms with Gasteiger partial charge in [0.2, 0.25) is 11.8 Å². The monoisotopic (exact) mass is 523 g/mol. The lowest BCUT2D eigenvalue weighted by Crippen LogP contribution is -2.55. The number of rotatable bonds is 15. The summed E-state index contributed by atoms with van der Waals surface area (Å²) in [7, 11) is 0. The predicted molar refractivity (Wildman–Crippen MR) is 147 cm³/mol. The van der Waals surface area contributed by atoms with Crippen LogP contribution in [0.5, 0.6) is 0 Å². The van der Waals surface area contributed by atoms with E-state index < -0.39 is 36.0 Å². The zero-order valence-electron chi connectivity index (χ0n) is 22.8. The van der Waals surface area contributed by atoms with Crippen molar-refractivity contribution in [3.63, 3.8) is 0 Å². The molecule has 8 nitrogen and oxygen atoms in total. The summed E-state index contributed by atoms with van der Waals surface area (Å²) < 4.78 is 5.29. The molecule has 0 saturated carbocycles. The van der Waals surface area contributed by atoms with Crippen molar-refractivity contribution in [3.8, 4) is 0 Å². The van der Waals surface area contributed by atoms with Gasteiger partial charge in [-0.3, -0.25) is 9.59 Å². The Hall–Kier alpha value is -3.68. The van der Waals surface area contributed by atoms with Crippen LogP contribution in [0.1, 0.15) is 58.1 Å². The largest absolute Gasteiger partial charge is 0.445 e. The summed E-state index contributed by atoms with van der Waals surface area (Å²) >= 11 is 0. The molecule has 0 saturated heterocycles. The van der Waals surface area contributed by atoms with E-state index in [1.807, 2.05) is 88.4 Å². The molecule has 0 aliphatic carbocycles. The number of amides is 3. The van der Waals surface area contributed by atoms with Gasteiger partial charge < -0.3 is 25.5 Å². The van der Waals surface area contributed by atoms with E-state index in [2.05, 4.69) is 16.0 Å². The molecule has 0 aliphatic rings. The van der Waals surface area contributed by atoms with Crippen LogP contribution in [0.3, 0.4) is 0 Å². The second-order valence-corrected chi connectivity index (χ2v) is 10.4. The molecular formula is C30H41N3O5. The standard InChI is InChI=1S/C30H41N3O5/c1-21(2)17-26(28(35)31-25(19-34)16-15-23-11-7-5-8-12-23)32-29(36)27(18-22(3)4)33-30(37)38-20-24-13-9-6-10-14-24/h5-14,19,21-22,25-27H,15-18,20H2,1-4H3,(H,31,35)(H,32,36)(H,33,37). The molecule has 0 spiro atoms. The summed E-state index contributed by atoms with van der Waals surface area (Å²) in [5.74, 6) is -0.678. The molecule has 0 radical (unpaired) electrons. The second-order valence-electron chi connectivity index (χ2n) is 10.4. The average molecular weight is 524 g/mol. The van der Waals surface area contributed by atoms with Crippen LogP contribution in [0.25, 0.3) is 0 Å². The van der Waals surface area contributed by atoms with Gasteiger partial charge in [0.05, 0.1) is 6.04 Å². The Bertz CT molecular complexity index is 1010. The van der Waals surface area contributed by atoms with E-state index in [0.29, 0.717) is 25.7 Å². The van der Waals surface area contributed by atoms with E-state index in [-0.39, 0.29) is 18.4 Å².